The van der Waals surface area contributed by atoms with E-state index >= 15 is 0 Å². The van der Waals surface area contributed by atoms with E-state index < -0.39 is 0 Å². The molecule has 2 rings (SSSR count). The normalized spacial score (nSPS) is 40.5. The minimum absolute atomic E-state index is 0.000000000000000222. The van der Waals surface area contributed by atoms with Gasteiger partial charge >= 0.3 is 0 Å². The Morgan fingerprint density at radius 1 is 1.38 bits per heavy atom. The monoisotopic (exact) mass is 108 g/mol. The van der Waals surface area contributed by atoms with Crippen molar-refractivity contribution in [2.45, 2.75) is 0 Å². The molecule has 0 heterocycles. The van der Waals surface area contributed by atoms with Gasteiger partial charge in [-0.1, -0.05) is 6.08 Å². The van der Waals surface area contributed by atoms with E-state index in [0.29, 0.717) is 0 Å². The van der Waals surface area contributed by atoms with Gasteiger partial charge in [0.2, 0.25) is 0 Å². The summed E-state index contributed by atoms with van der Waals surface area (Å²) in [5, 5.41) is 0. The Balaban J connectivity index is 2.42. The highest BCUT2D eigenvalue weighted by Gasteiger charge is 2.54. The Bertz CT molecular complexity index is 203. The zero-order valence-corrected chi connectivity index (χ0v) is 4.13. The molecule has 0 aromatic rings. The second-order valence-electron chi connectivity index (χ2n) is 2.17. The van der Waals surface area contributed by atoms with Crippen LogP contribution in [-0.2, 0) is 9.59 Å². The van der Waals surface area contributed by atoms with Gasteiger partial charge in [0.25, 0.3) is 0 Å². The van der Waals surface area contributed by atoms with Crippen LogP contribution in [0.25, 0.3) is 0 Å². The van der Waals surface area contributed by atoms with E-state index in [1.807, 2.05) is 0 Å². The van der Waals surface area contributed by atoms with Crippen LogP contribution in [0.15, 0.2) is 12.2 Å². The highest BCUT2D eigenvalue weighted by Crippen LogP contribution is 2.40. The molecule has 0 aromatic heterocycles. The highest BCUT2D eigenvalue weighted by molar-refractivity contribution is 6.24. The summed E-state index contributed by atoms with van der Waals surface area (Å²) in [5.74, 6) is -0.144. The van der Waals surface area contributed by atoms with E-state index in [1.165, 1.54) is 6.08 Å². The average Bonchev–Trinajstić information content (AvgIpc) is 2.13. The van der Waals surface area contributed by atoms with Gasteiger partial charge in [-0.05, 0) is 6.08 Å². The Morgan fingerprint density at radius 3 is 2.38 bits per heavy atom. The summed E-state index contributed by atoms with van der Waals surface area (Å²) in [6, 6.07) is 0. The van der Waals surface area contributed by atoms with E-state index in [1.54, 1.807) is 6.08 Å². The molecule has 2 heteroatoms. The maximum Gasteiger partial charge on any atom is 0.166 e. The first-order chi connectivity index (χ1) is 3.80. The van der Waals surface area contributed by atoms with Crippen molar-refractivity contribution in [2.24, 2.45) is 11.8 Å². The molecule has 0 aromatic carbocycles. The number of carbonyl (C=O) groups excluding carboxylic acids is 2. The smallest absolute Gasteiger partial charge is 0.166 e. The van der Waals surface area contributed by atoms with Crippen molar-refractivity contribution < 1.29 is 9.59 Å². The summed E-state index contributed by atoms with van der Waals surface area (Å²) < 4.78 is 0. The molecule has 0 spiro atoms. The number of ketones is 2. The Morgan fingerprint density at radius 2 is 2.12 bits per heavy atom. The fourth-order valence-electron chi connectivity index (χ4n) is 1.08. The van der Waals surface area contributed by atoms with Gasteiger partial charge in [0.05, 0.1) is 11.8 Å². The lowest BCUT2D eigenvalue weighted by molar-refractivity contribution is -0.119. The zero-order valence-electron chi connectivity index (χ0n) is 4.13. The first-order valence-corrected chi connectivity index (χ1v) is 2.56. The number of Topliss-reactive ketones (excluding diaryl/α,β-unsaturated/α-hetero) is 1. The predicted octanol–water partition coefficient (Wildman–Crippen LogP) is -0.0596. The average molecular weight is 108 g/mol. The molecule has 1 saturated carbocycles. The van der Waals surface area contributed by atoms with Crippen molar-refractivity contribution in [3.05, 3.63) is 12.2 Å². The summed E-state index contributed by atoms with van der Waals surface area (Å²) in [5.41, 5.74) is 0. The second-order valence-corrected chi connectivity index (χ2v) is 2.17. The summed E-state index contributed by atoms with van der Waals surface area (Å²) in [4.78, 5) is 21.0. The topological polar surface area (TPSA) is 34.1 Å². The molecule has 0 amide bonds. The second kappa shape index (κ2) is 0.917. The van der Waals surface area contributed by atoms with Crippen LogP contribution in [0.4, 0.5) is 0 Å². The number of rotatable bonds is 0. The van der Waals surface area contributed by atoms with Gasteiger partial charge in [-0.3, -0.25) is 9.59 Å². The number of fused-ring (bicyclic) bond motifs is 1. The Hall–Kier alpha value is -0.920. The van der Waals surface area contributed by atoms with Gasteiger partial charge < -0.3 is 0 Å². The summed E-state index contributed by atoms with van der Waals surface area (Å²) >= 11 is 0. The lowest BCUT2D eigenvalue weighted by atomic mass is 10.3. The van der Waals surface area contributed by atoms with Crippen LogP contribution in [0, 0.1) is 11.8 Å². The van der Waals surface area contributed by atoms with Crippen LogP contribution in [-0.4, -0.2) is 11.6 Å². The van der Waals surface area contributed by atoms with Gasteiger partial charge in [0.1, 0.15) is 0 Å². The molecular weight excluding hydrogens is 104 g/mol. The largest absolute Gasteiger partial charge is 0.298 e. The minimum Gasteiger partial charge on any atom is -0.298 e. The molecule has 40 valence electrons. The Kier molecular flexibility index (Phi) is 0.460. The van der Waals surface area contributed by atoms with Crippen molar-refractivity contribution >= 4 is 11.6 Å². The molecule has 2 aliphatic carbocycles. The Labute approximate surface area is 46.2 Å². The summed E-state index contributed by atoms with van der Waals surface area (Å²) in [6.07, 6.45) is 3.19. The molecular formula is C6H4O2. The van der Waals surface area contributed by atoms with E-state index in [-0.39, 0.29) is 23.4 Å². The molecule has 2 atom stereocenters. The number of hydrogen-bond donors (Lipinski definition) is 0. The number of allylic oxidation sites excluding steroid dienone is 2. The molecule has 2 unspecified atom stereocenters. The van der Waals surface area contributed by atoms with Crippen LogP contribution in [0.5, 0.6) is 0 Å². The van der Waals surface area contributed by atoms with Gasteiger partial charge in [-0.15, -0.1) is 0 Å². The molecule has 0 radical (unpaired) electrons. The number of carbonyl (C=O) groups is 2. The van der Waals surface area contributed by atoms with E-state index in [4.69, 9.17) is 0 Å². The van der Waals surface area contributed by atoms with Gasteiger partial charge in [-0.2, -0.15) is 0 Å². The molecule has 0 bridgehead atoms. The maximum absolute atomic E-state index is 10.5. The SMILES string of the molecule is O=C1C=CC2C(=O)C12. The molecule has 2 nitrogen and oxygen atoms in total. The zero-order chi connectivity index (χ0) is 5.72. The molecule has 0 N–H and O–H groups in total. The van der Waals surface area contributed by atoms with Crippen LogP contribution < -0.4 is 0 Å². The fourth-order valence-corrected chi connectivity index (χ4v) is 1.08. The number of hydrogen-bond acceptors (Lipinski definition) is 2. The van der Waals surface area contributed by atoms with Crippen molar-refractivity contribution in [2.75, 3.05) is 0 Å². The van der Waals surface area contributed by atoms with E-state index in [9.17, 15) is 9.59 Å². The third kappa shape index (κ3) is 0.259. The lowest BCUT2D eigenvalue weighted by Crippen LogP contribution is -1.93. The molecule has 0 saturated heterocycles. The first-order valence-electron chi connectivity index (χ1n) is 2.56. The fraction of sp³-hybridized carbons (Fsp3) is 0.333. The van der Waals surface area contributed by atoms with E-state index in [2.05, 4.69) is 0 Å². The van der Waals surface area contributed by atoms with Crippen LogP contribution >= 0.6 is 0 Å². The minimum atomic E-state index is -0.241. The molecule has 2 aliphatic rings. The molecule has 8 heavy (non-hydrogen) atoms. The van der Waals surface area contributed by atoms with Gasteiger partial charge in [-0.25, -0.2) is 0 Å². The van der Waals surface area contributed by atoms with Crippen molar-refractivity contribution in [1.29, 1.82) is 0 Å². The van der Waals surface area contributed by atoms with Crippen molar-refractivity contribution in [3.63, 3.8) is 0 Å². The lowest BCUT2D eigenvalue weighted by Gasteiger charge is -1.73. The predicted molar refractivity (Wildman–Crippen MR) is 26.1 cm³/mol. The molecule has 1 fully saturated rings. The maximum atomic E-state index is 10.5. The standard InChI is InChI=1S/C6H4O2/c7-4-2-1-3-5(4)6(3)8/h1-3,5H. The van der Waals surface area contributed by atoms with Crippen LogP contribution in [0.1, 0.15) is 0 Å². The first kappa shape index (κ1) is 4.01. The third-order valence-electron chi connectivity index (χ3n) is 1.66. The van der Waals surface area contributed by atoms with Gasteiger partial charge in [0.15, 0.2) is 11.6 Å². The quantitative estimate of drug-likeness (QED) is 0.407. The molecule has 0 aliphatic heterocycles. The van der Waals surface area contributed by atoms with Crippen LogP contribution in [0.3, 0.4) is 0 Å². The third-order valence-corrected chi connectivity index (χ3v) is 1.66. The van der Waals surface area contributed by atoms with Crippen molar-refractivity contribution in [3.8, 4) is 0 Å². The van der Waals surface area contributed by atoms with Crippen LogP contribution in [0.2, 0.25) is 0 Å². The van der Waals surface area contributed by atoms with Crippen molar-refractivity contribution in [1.82, 2.24) is 0 Å². The van der Waals surface area contributed by atoms with Gasteiger partial charge in [0, 0.05) is 0 Å². The highest BCUT2D eigenvalue weighted by atomic mass is 16.2. The van der Waals surface area contributed by atoms with E-state index in [0.717, 1.165) is 0 Å². The summed E-state index contributed by atoms with van der Waals surface area (Å²) in [6.45, 7) is 0. The summed E-state index contributed by atoms with van der Waals surface area (Å²) in [7, 11) is 0.